The highest BCUT2D eigenvalue weighted by molar-refractivity contribution is 6.71. The minimum atomic E-state index is -3.07. The van der Waals surface area contributed by atoms with Crippen LogP contribution < -0.4 is 14.7 Å². The predicted octanol–water partition coefficient (Wildman–Crippen LogP) is 9.73. The summed E-state index contributed by atoms with van der Waals surface area (Å²) in [5.41, 5.74) is 5.94. The lowest BCUT2D eigenvalue weighted by atomic mass is 9.82. The number of rotatable bonds is 11. The molecule has 1 spiro atoms. The molecule has 0 aliphatic carbocycles. The van der Waals surface area contributed by atoms with Crippen LogP contribution in [0.25, 0.3) is 21.5 Å². The van der Waals surface area contributed by atoms with Crippen molar-refractivity contribution in [1.82, 2.24) is 15.0 Å². The van der Waals surface area contributed by atoms with Gasteiger partial charge in [-0.05, 0) is 96.0 Å². The number of fused-ring (bicyclic) bond motifs is 2. The normalized spacial score (nSPS) is 21.0. The second-order valence-corrected chi connectivity index (χ2v) is 23.1. The van der Waals surface area contributed by atoms with Crippen molar-refractivity contribution in [2.75, 3.05) is 21.3 Å². The second-order valence-electron chi connectivity index (χ2n) is 19.1. The molecule has 0 radical (unpaired) electrons. The molecule has 5 atom stereocenters. The zero-order valence-corrected chi connectivity index (χ0v) is 38.8. The summed E-state index contributed by atoms with van der Waals surface area (Å²) in [5, 5.41) is 23.0. The Bertz CT molecular complexity index is 3380. The average molecular weight is 917 g/mol. The van der Waals surface area contributed by atoms with Crippen LogP contribution in [0.1, 0.15) is 62.4 Å². The number of aromatic nitrogens is 3. The standard InChI is InChI=1S/C55H48N6O6Si/c1-33-51(68(2,3)66)48(26-27-58-31-44(56-57-58)42(32-62)35-13-5-4-6-14-35)67-55(33)43-29-39(61-47-23-11-18-37-16-9-21-41(50(37)47)53(61)64)24-25-45(43)59(54(55)65)30-34-12-7-19-38(28-34)60-46-22-10-17-36-15-8-20-40(49(36)46)52(60)63/h4-25,28-29,31,33,42,48,51,62,66H,26-27,30,32H2,1-3H3/t33-,42?,48+,51-,55+/m0/s1. The molecule has 1 fully saturated rings. The number of carbonyl (C=O) groups excluding carboxylic acids is 3. The number of hydrogen-bond acceptors (Lipinski definition) is 8. The Kier molecular flexibility index (Phi) is 9.68. The molecule has 0 saturated carbocycles. The minimum absolute atomic E-state index is 0.107. The number of carbonyl (C=O) groups is 3. The van der Waals surface area contributed by atoms with Gasteiger partial charge in [-0.3, -0.25) is 28.9 Å². The fourth-order valence-electron chi connectivity index (χ4n) is 11.8. The van der Waals surface area contributed by atoms with Crippen molar-refractivity contribution in [3.8, 4) is 0 Å². The van der Waals surface area contributed by atoms with E-state index in [2.05, 4.69) is 10.3 Å². The van der Waals surface area contributed by atoms with Crippen LogP contribution >= 0.6 is 0 Å². The minimum Gasteiger partial charge on any atom is -0.432 e. The van der Waals surface area contributed by atoms with Crippen LogP contribution in [0.15, 0.2) is 152 Å². The van der Waals surface area contributed by atoms with Gasteiger partial charge in [0.05, 0.1) is 59.1 Å². The molecule has 68 heavy (non-hydrogen) atoms. The Morgan fingerprint density at radius 2 is 1.34 bits per heavy atom. The van der Waals surface area contributed by atoms with E-state index in [9.17, 15) is 19.5 Å². The van der Waals surface area contributed by atoms with Gasteiger partial charge in [-0.1, -0.05) is 103 Å². The molecular formula is C55H48N6O6Si. The number of ether oxygens (including phenoxy) is 1. The SMILES string of the molecule is C[C@H]1[C@H]([Si](C)(C)O)[C@@H](CCn2cc(C(CO)c3ccccc3)nn2)O[C@]12C(=O)N(Cc1cccc(N3C(=O)c4cccc5cccc3c45)c1)c1ccc(N3C(=O)c4cccc5cccc3c45)cc12. The van der Waals surface area contributed by atoms with Crippen molar-refractivity contribution in [2.45, 2.75) is 62.7 Å². The summed E-state index contributed by atoms with van der Waals surface area (Å²) in [6, 6.07) is 46.6. The van der Waals surface area contributed by atoms with Crippen molar-refractivity contribution in [3.05, 3.63) is 185 Å². The molecule has 12 nitrogen and oxygen atoms in total. The molecule has 338 valence electrons. The van der Waals surface area contributed by atoms with Crippen LogP contribution in [0, 0.1) is 5.92 Å². The number of aliphatic hydroxyl groups excluding tert-OH is 1. The van der Waals surface area contributed by atoms with Crippen molar-refractivity contribution in [1.29, 1.82) is 0 Å². The number of aliphatic hydroxyl groups is 1. The number of benzene rings is 7. The molecule has 7 aromatic carbocycles. The zero-order chi connectivity index (χ0) is 46.6. The van der Waals surface area contributed by atoms with Gasteiger partial charge in [-0.2, -0.15) is 0 Å². The van der Waals surface area contributed by atoms with Gasteiger partial charge < -0.3 is 19.5 Å². The summed E-state index contributed by atoms with van der Waals surface area (Å²) in [6.07, 6.45) is 1.72. The van der Waals surface area contributed by atoms with E-state index in [1.165, 1.54) is 0 Å². The van der Waals surface area contributed by atoms with E-state index < -0.39 is 25.9 Å². The summed E-state index contributed by atoms with van der Waals surface area (Å²) in [5.74, 6) is -1.33. The lowest BCUT2D eigenvalue weighted by molar-refractivity contribution is -0.146. The third-order valence-electron chi connectivity index (χ3n) is 14.8. The highest BCUT2D eigenvalue weighted by Crippen LogP contribution is 2.61. The first-order valence-corrected chi connectivity index (χ1v) is 26.2. The molecule has 13 heteroatoms. The number of anilines is 5. The van der Waals surface area contributed by atoms with Crippen LogP contribution in [0.5, 0.6) is 0 Å². The largest absolute Gasteiger partial charge is 0.432 e. The third-order valence-corrected chi connectivity index (χ3v) is 17.3. The zero-order valence-electron chi connectivity index (χ0n) is 37.8. The van der Waals surface area contributed by atoms with E-state index in [1.807, 2.05) is 172 Å². The number of nitrogens with zero attached hydrogens (tertiary/aromatic N) is 6. The smallest absolute Gasteiger partial charge is 0.264 e. The molecule has 5 heterocycles. The van der Waals surface area contributed by atoms with Gasteiger partial charge in [-0.25, -0.2) is 0 Å². The van der Waals surface area contributed by atoms with Gasteiger partial charge in [0.2, 0.25) is 0 Å². The monoisotopic (exact) mass is 916 g/mol. The van der Waals surface area contributed by atoms with Gasteiger partial charge in [-0.15, -0.1) is 5.10 Å². The van der Waals surface area contributed by atoms with Gasteiger partial charge in [0.15, 0.2) is 13.9 Å². The van der Waals surface area contributed by atoms with Crippen molar-refractivity contribution >= 4 is 76.0 Å². The average Bonchev–Trinajstić information content (AvgIpc) is 4.13. The fraction of sp³-hybridized carbons (Fsp3) is 0.218. The van der Waals surface area contributed by atoms with Crippen LogP contribution in [-0.2, 0) is 28.2 Å². The molecule has 2 N–H and O–H groups in total. The Morgan fingerprint density at radius 1 is 0.721 bits per heavy atom. The molecule has 8 aromatic rings. The van der Waals surface area contributed by atoms with Gasteiger partial charge in [0.25, 0.3) is 17.7 Å². The van der Waals surface area contributed by atoms with Crippen LogP contribution in [0.2, 0.25) is 18.6 Å². The van der Waals surface area contributed by atoms with E-state index in [-0.39, 0.29) is 42.3 Å². The van der Waals surface area contributed by atoms with E-state index >= 15 is 4.79 Å². The lowest BCUT2D eigenvalue weighted by Crippen LogP contribution is -2.46. The van der Waals surface area contributed by atoms with Crippen LogP contribution in [0.3, 0.4) is 0 Å². The molecule has 4 aliphatic heterocycles. The maximum absolute atomic E-state index is 15.8. The first kappa shape index (κ1) is 42.1. The van der Waals surface area contributed by atoms with E-state index in [0.717, 1.165) is 44.0 Å². The summed E-state index contributed by atoms with van der Waals surface area (Å²) in [4.78, 5) is 61.6. The second kappa shape index (κ2) is 15.6. The molecule has 4 aliphatic rings. The maximum Gasteiger partial charge on any atom is 0.264 e. The summed E-state index contributed by atoms with van der Waals surface area (Å²) >= 11 is 0. The Morgan fingerprint density at radius 3 is 1.97 bits per heavy atom. The van der Waals surface area contributed by atoms with Crippen molar-refractivity contribution < 1.29 is 29.0 Å². The van der Waals surface area contributed by atoms with Crippen molar-refractivity contribution in [3.63, 3.8) is 0 Å². The third kappa shape index (κ3) is 6.26. The Balaban J connectivity index is 0.925. The Labute approximate surface area is 393 Å². The van der Waals surface area contributed by atoms with Crippen LogP contribution in [0.4, 0.5) is 28.4 Å². The van der Waals surface area contributed by atoms with E-state index in [0.29, 0.717) is 52.4 Å². The topological polar surface area (TPSA) is 141 Å². The summed E-state index contributed by atoms with van der Waals surface area (Å²) in [7, 11) is -3.07. The number of amides is 3. The first-order chi connectivity index (χ1) is 33.0. The number of hydrogen-bond donors (Lipinski definition) is 2. The molecule has 1 unspecified atom stereocenters. The quantitative estimate of drug-likeness (QED) is 0.122. The highest BCUT2D eigenvalue weighted by Gasteiger charge is 2.66. The van der Waals surface area contributed by atoms with Gasteiger partial charge >= 0.3 is 0 Å². The van der Waals surface area contributed by atoms with Gasteiger partial charge in [0, 0.05) is 51.9 Å². The lowest BCUT2D eigenvalue weighted by Gasteiger charge is -2.32. The number of aryl methyl sites for hydroxylation is 1. The maximum atomic E-state index is 15.8. The van der Waals surface area contributed by atoms with E-state index in [1.54, 1.807) is 19.4 Å². The first-order valence-electron chi connectivity index (χ1n) is 23.2. The fourth-order valence-corrected chi connectivity index (χ4v) is 14.5. The molecule has 12 rings (SSSR count). The Hall–Kier alpha value is -7.29. The summed E-state index contributed by atoms with van der Waals surface area (Å²) < 4.78 is 9.05. The van der Waals surface area contributed by atoms with E-state index in [4.69, 9.17) is 4.74 Å². The van der Waals surface area contributed by atoms with Crippen molar-refractivity contribution in [2.24, 2.45) is 5.92 Å². The molecule has 0 bridgehead atoms. The molecule has 1 aromatic heterocycles. The highest BCUT2D eigenvalue weighted by atomic mass is 28.4. The molecule has 1 saturated heterocycles. The van der Waals surface area contributed by atoms with Crippen LogP contribution in [-0.4, -0.2) is 63.6 Å². The molecular weight excluding hydrogens is 869 g/mol. The predicted molar refractivity (Wildman–Crippen MR) is 264 cm³/mol. The van der Waals surface area contributed by atoms with Gasteiger partial charge in [0.1, 0.15) is 0 Å². The summed E-state index contributed by atoms with van der Waals surface area (Å²) in [6.45, 7) is 6.26. The molecule has 3 amide bonds.